The lowest BCUT2D eigenvalue weighted by Gasteiger charge is -2.08. The molecule has 0 saturated heterocycles. The van der Waals surface area contributed by atoms with Crippen LogP contribution < -0.4 is 4.74 Å². The lowest BCUT2D eigenvalue weighted by atomic mass is 10.1. The quantitative estimate of drug-likeness (QED) is 0.771. The topological polar surface area (TPSA) is 50.8 Å². The summed E-state index contributed by atoms with van der Waals surface area (Å²) in [5.41, 5.74) is 3.82. The fraction of sp³-hybridized carbons (Fsp3) is 0.176. The monoisotopic (exact) mass is 313 g/mol. The predicted molar refractivity (Wildman–Crippen MR) is 87.2 cm³/mol. The number of nitrogens with one attached hydrogen (secondary N) is 1. The van der Waals surface area contributed by atoms with Crippen LogP contribution in [-0.2, 0) is 6.42 Å². The fourth-order valence-electron chi connectivity index (χ4n) is 2.32. The smallest absolute Gasteiger partial charge is 0.122 e. The summed E-state index contributed by atoms with van der Waals surface area (Å²) in [4.78, 5) is 3.99. The molecular weight excluding hydrogens is 298 g/mol. The van der Waals surface area contributed by atoms with E-state index in [1.807, 2.05) is 37.3 Å². The third-order valence-corrected chi connectivity index (χ3v) is 3.63. The van der Waals surface area contributed by atoms with Gasteiger partial charge in [0.1, 0.15) is 5.75 Å². The van der Waals surface area contributed by atoms with Gasteiger partial charge in [-0.25, -0.2) is 0 Å². The Labute approximate surface area is 134 Å². The van der Waals surface area contributed by atoms with Gasteiger partial charge < -0.3 is 4.74 Å². The molecule has 2 heterocycles. The molecule has 0 bridgehead atoms. The molecule has 4 nitrogen and oxygen atoms in total. The molecule has 5 heteroatoms. The van der Waals surface area contributed by atoms with Crippen molar-refractivity contribution in [2.75, 3.05) is 6.61 Å². The second-order valence-electron chi connectivity index (χ2n) is 4.85. The van der Waals surface area contributed by atoms with Gasteiger partial charge in [0.15, 0.2) is 0 Å². The number of benzene rings is 1. The van der Waals surface area contributed by atoms with Crippen LogP contribution in [0.4, 0.5) is 0 Å². The standard InChI is InChI=1S/C17H16ClN3O/c1-2-22-17-6-4-3-5-12(17)9-13-10-16(21-20-13)14-7-8-19-11-15(14)18/h3-8,10-11H,2,9H2,1H3,(H,20,21). The molecule has 0 amide bonds. The van der Waals surface area contributed by atoms with Crippen molar-refractivity contribution in [3.8, 4) is 17.0 Å². The van der Waals surface area contributed by atoms with E-state index in [9.17, 15) is 0 Å². The Balaban J connectivity index is 1.85. The molecule has 2 aromatic heterocycles. The van der Waals surface area contributed by atoms with Crippen molar-refractivity contribution in [3.05, 3.63) is 65.1 Å². The first kappa shape index (κ1) is 14.6. The van der Waals surface area contributed by atoms with Crippen LogP contribution in [0.2, 0.25) is 5.02 Å². The van der Waals surface area contributed by atoms with Crippen LogP contribution in [0.15, 0.2) is 48.8 Å². The number of nitrogens with zero attached hydrogens (tertiary/aromatic N) is 2. The van der Waals surface area contributed by atoms with Crippen molar-refractivity contribution in [3.63, 3.8) is 0 Å². The molecule has 3 aromatic rings. The summed E-state index contributed by atoms with van der Waals surface area (Å²) in [7, 11) is 0. The van der Waals surface area contributed by atoms with Gasteiger partial charge in [-0.05, 0) is 25.1 Å². The first-order valence-corrected chi connectivity index (χ1v) is 7.50. The highest BCUT2D eigenvalue weighted by molar-refractivity contribution is 6.33. The molecule has 0 unspecified atom stereocenters. The van der Waals surface area contributed by atoms with Crippen molar-refractivity contribution in [1.29, 1.82) is 0 Å². The number of hydrogen-bond donors (Lipinski definition) is 1. The Bertz CT molecular complexity index is 770. The minimum Gasteiger partial charge on any atom is -0.494 e. The molecule has 0 fully saturated rings. The molecular formula is C17H16ClN3O. The van der Waals surface area contributed by atoms with Crippen LogP contribution in [0.1, 0.15) is 18.2 Å². The normalized spacial score (nSPS) is 10.6. The first-order chi connectivity index (χ1) is 10.8. The summed E-state index contributed by atoms with van der Waals surface area (Å²) >= 11 is 6.16. The zero-order valence-electron chi connectivity index (χ0n) is 12.2. The van der Waals surface area contributed by atoms with E-state index in [0.29, 0.717) is 11.6 Å². The Morgan fingerprint density at radius 3 is 2.91 bits per heavy atom. The second kappa shape index (κ2) is 6.62. The van der Waals surface area contributed by atoms with E-state index < -0.39 is 0 Å². The van der Waals surface area contributed by atoms with Gasteiger partial charge in [0.2, 0.25) is 0 Å². The molecule has 0 aliphatic carbocycles. The van der Waals surface area contributed by atoms with E-state index in [1.54, 1.807) is 12.4 Å². The van der Waals surface area contributed by atoms with Crippen LogP contribution in [0.3, 0.4) is 0 Å². The molecule has 3 rings (SSSR count). The minimum absolute atomic E-state index is 0.593. The van der Waals surface area contributed by atoms with E-state index in [4.69, 9.17) is 16.3 Å². The van der Waals surface area contributed by atoms with Gasteiger partial charge in [0.25, 0.3) is 0 Å². The van der Waals surface area contributed by atoms with Crippen LogP contribution in [-0.4, -0.2) is 21.8 Å². The number of aromatic nitrogens is 3. The highest BCUT2D eigenvalue weighted by Crippen LogP contribution is 2.27. The third kappa shape index (κ3) is 3.12. The summed E-state index contributed by atoms with van der Waals surface area (Å²) < 4.78 is 5.66. The number of pyridine rings is 1. The zero-order chi connectivity index (χ0) is 15.4. The van der Waals surface area contributed by atoms with Crippen LogP contribution >= 0.6 is 11.6 Å². The fourth-order valence-corrected chi connectivity index (χ4v) is 2.54. The van der Waals surface area contributed by atoms with Gasteiger partial charge in [0, 0.05) is 35.6 Å². The second-order valence-corrected chi connectivity index (χ2v) is 5.26. The maximum absolute atomic E-state index is 6.16. The van der Waals surface area contributed by atoms with E-state index in [1.165, 1.54) is 0 Å². The number of para-hydroxylation sites is 1. The van der Waals surface area contributed by atoms with Crippen LogP contribution in [0, 0.1) is 0 Å². The van der Waals surface area contributed by atoms with Crippen molar-refractivity contribution >= 4 is 11.6 Å². The number of ether oxygens (including phenoxy) is 1. The van der Waals surface area contributed by atoms with E-state index in [2.05, 4.69) is 21.2 Å². The van der Waals surface area contributed by atoms with Gasteiger partial charge in [-0.15, -0.1) is 0 Å². The molecule has 0 atom stereocenters. The Hall–Kier alpha value is -2.33. The number of aromatic amines is 1. The zero-order valence-corrected chi connectivity index (χ0v) is 13.0. The van der Waals surface area contributed by atoms with Crippen molar-refractivity contribution in [2.45, 2.75) is 13.3 Å². The summed E-state index contributed by atoms with van der Waals surface area (Å²) in [6, 6.07) is 11.9. The van der Waals surface area contributed by atoms with Gasteiger partial charge in [-0.3, -0.25) is 10.1 Å². The number of hydrogen-bond acceptors (Lipinski definition) is 3. The van der Waals surface area contributed by atoms with Crippen LogP contribution in [0.5, 0.6) is 5.75 Å². The number of halogens is 1. The third-order valence-electron chi connectivity index (χ3n) is 3.33. The Morgan fingerprint density at radius 1 is 1.23 bits per heavy atom. The summed E-state index contributed by atoms with van der Waals surface area (Å²) in [5.74, 6) is 0.906. The van der Waals surface area contributed by atoms with E-state index in [-0.39, 0.29) is 0 Å². The molecule has 0 radical (unpaired) electrons. The minimum atomic E-state index is 0.593. The molecule has 22 heavy (non-hydrogen) atoms. The lowest BCUT2D eigenvalue weighted by Crippen LogP contribution is -1.97. The summed E-state index contributed by atoms with van der Waals surface area (Å²) in [6.45, 7) is 2.63. The van der Waals surface area contributed by atoms with Gasteiger partial charge >= 0.3 is 0 Å². The largest absolute Gasteiger partial charge is 0.494 e. The highest BCUT2D eigenvalue weighted by Gasteiger charge is 2.10. The Kier molecular flexibility index (Phi) is 4.39. The Morgan fingerprint density at radius 2 is 2.09 bits per heavy atom. The number of rotatable bonds is 5. The number of H-pyrrole nitrogens is 1. The maximum Gasteiger partial charge on any atom is 0.122 e. The molecule has 0 aliphatic rings. The first-order valence-electron chi connectivity index (χ1n) is 7.12. The molecule has 0 aliphatic heterocycles. The summed E-state index contributed by atoms with van der Waals surface area (Å²) in [6.07, 6.45) is 4.06. The SMILES string of the molecule is CCOc1ccccc1Cc1cc(-c2ccncc2Cl)n[nH]1. The van der Waals surface area contributed by atoms with Crippen LogP contribution in [0.25, 0.3) is 11.3 Å². The van der Waals surface area contributed by atoms with Crippen molar-refractivity contribution in [1.82, 2.24) is 15.2 Å². The van der Waals surface area contributed by atoms with E-state index >= 15 is 0 Å². The van der Waals surface area contributed by atoms with Gasteiger partial charge in [0.05, 0.1) is 17.3 Å². The lowest BCUT2D eigenvalue weighted by molar-refractivity contribution is 0.337. The van der Waals surface area contributed by atoms with Crippen molar-refractivity contribution < 1.29 is 4.74 Å². The molecule has 0 saturated carbocycles. The van der Waals surface area contributed by atoms with E-state index in [0.717, 1.165) is 34.7 Å². The van der Waals surface area contributed by atoms with Gasteiger partial charge in [-0.1, -0.05) is 29.8 Å². The molecule has 112 valence electrons. The molecule has 1 N–H and O–H groups in total. The molecule has 1 aromatic carbocycles. The van der Waals surface area contributed by atoms with Gasteiger partial charge in [-0.2, -0.15) is 5.10 Å². The summed E-state index contributed by atoms with van der Waals surface area (Å²) in [5, 5.41) is 8.00. The predicted octanol–water partition coefficient (Wildman–Crippen LogP) is 4.11. The average Bonchev–Trinajstić information content (AvgIpc) is 2.98. The maximum atomic E-state index is 6.16. The van der Waals surface area contributed by atoms with Crippen molar-refractivity contribution in [2.24, 2.45) is 0 Å². The highest BCUT2D eigenvalue weighted by atomic mass is 35.5. The molecule has 0 spiro atoms. The average molecular weight is 314 g/mol.